The summed E-state index contributed by atoms with van der Waals surface area (Å²) in [6, 6.07) is -8.33. The van der Waals surface area contributed by atoms with Crippen LogP contribution in [0.3, 0.4) is 0 Å². The summed E-state index contributed by atoms with van der Waals surface area (Å²) in [4.78, 5) is 302. The Morgan fingerprint density at radius 2 is 1.01 bits per heavy atom. The van der Waals surface area contributed by atoms with E-state index in [9.17, 15) is 136 Å². The van der Waals surface area contributed by atoms with Gasteiger partial charge in [-0.3, -0.25) is 115 Å². The second-order valence-corrected chi connectivity index (χ2v) is 31.4. The third-order valence-electron chi connectivity index (χ3n) is 19.3. The second kappa shape index (κ2) is 51.9. The fraction of sp³-hybridized carbons (Fsp3) is 0.671. The van der Waals surface area contributed by atoms with Gasteiger partial charge in [0.1, 0.15) is 18.4 Å². The van der Waals surface area contributed by atoms with Crippen LogP contribution in [0.25, 0.3) is 0 Å². The van der Waals surface area contributed by atoms with Gasteiger partial charge in [-0.25, -0.2) is 0 Å². The highest BCUT2D eigenvalue weighted by molar-refractivity contribution is 8.00. The molecule has 644 valence electrons. The molecule has 0 aromatic heterocycles. The first kappa shape index (κ1) is 100. The zero-order chi connectivity index (χ0) is 87.1. The summed E-state index contributed by atoms with van der Waals surface area (Å²) in [5.74, 6) is -25.7. The van der Waals surface area contributed by atoms with E-state index in [0.29, 0.717) is 6.42 Å². The quantitative estimate of drug-likeness (QED) is 0.0297. The van der Waals surface area contributed by atoms with Gasteiger partial charge in [0.25, 0.3) is 11.8 Å². The summed E-state index contributed by atoms with van der Waals surface area (Å²) in [5, 5.41) is 62.3. The predicted molar refractivity (Wildman–Crippen MR) is 411 cm³/mol. The molecular weight excluding hydrogens is 1570 g/mol. The van der Waals surface area contributed by atoms with Crippen molar-refractivity contribution in [2.24, 2.45) is 29.6 Å². The van der Waals surface area contributed by atoms with Gasteiger partial charge in [0.05, 0.1) is 47.9 Å². The van der Waals surface area contributed by atoms with E-state index in [0.717, 1.165) is 40.6 Å². The molecule has 2 fully saturated rings. The van der Waals surface area contributed by atoms with Gasteiger partial charge in [-0.15, -0.1) is 11.8 Å². The van der Waals surface area contributed by atoms with Gasteiger partial charge >= 0.3 is 29.8 Å². The third-order valence-corrected chi connectivity index (χ3v) is 21.3. The summed E-state index contributed by atoms with van der Waals surface area (Å²) in [6.07, 6.45) is -5.90. The lowest BCUT2D eigenvalue weighted by Crippen LogP contribution is -2.52. The number of Topliss-reactive ketones (excluding diaryl/α,β-unsaturated/α-hetero) is 7. The van der Waals surface area contributed by atoms with E-state index in [1.807, 2.05) is 0 Å². The van der Waals surface area contributed by atoms with Crippen molar-refractivity contribution >= 4 is 159 Å². The van der Waals surface area contributed by atoms with Gasteiger partial charge < -0.3 is 71.9 Å². The Labute approximate surface area is 678 Å². The molecular formula is C76H109N9O29S2. The number of rotatable bonds is 62. The molecule has 0 aromatic rings. The molecule has 11 amide bonds. The van der Waals surface area contributed by atoms with E-state index >= 15 is 0 Å². The molecule has 3 aliphatic rings. The molecule has 0 radical (unpaired) electrons. The number of thioether (sulfide) groups is 2. The lowest BCUT2D eigenvalue weighted by molar-refractivity contribution is -0.142. The third kappa shape index (κ3) is 36.9. The Kier molecular flexibility index (Phi) is 44.8. The highest BCUT2D eigenvalue weighted by Crippen LogP contribution is 2.30. The van der Waals surface area contributed by atoms with Crippen molar-refractivity contribution in [1.82, 2.24) is 46.6 Å². The zero-order valence-corrected chi connectivity index (χ0v) is 67.7. The minimum absolute atomic E-state index is 0.0389. The standard InChI is InChI=1S/C76H109N9O29S2/c1-7-48(87)38-77-71(108)43(4)33-57(90)53(41-115-6)78-61(93)20-19-56(89)52(32-42(2)3)82-75(112)54-12-10-30-83(54)65(97)39-114-31-11-13-55(88)49(16-25-68(102)103)79-72(109)45(14-23-66(98)99)35-58(91)50(17-26-69(104)105)80-73(110)46(15-24-67(100)101)36-59(92)51(18-27-70(106)107)81-74(111)47(34-44(5)86)40-116-60-37-64(96)85(76(60)113)29-9-8-28-84-62(94)21-22-63(84)95/h21-22,42-43,45-47,49-54,60H,7-20,23-41H2,1-6H3,(H,77,108)(H,78,93)(H,79,109)(H,80,110)(H,81,111)(H,82,112)(H,98,99)(H,100,101)(H,102,103)(H,104,105)(H,106,107)/t43-,45+,46+,47-,49-,50-,51-,52+,53+,54+,60?/m1/s1. The van der Waals surface area contributed by atoms with Crippen molar-refractivity contribution in [3.63, 3.8) is 0 Å². The molecule has 0 aliphatic carbocycles. The molecule has 40 heteroatoms. The van der Waals surface area contributed by atoms with Gasteiger partial charge in [-0.2, -0.15) is 11.8 Å². The van der Waals surface area contributed by atoms with E-state index in [2.05, 4.69) is 31.9 Å². The monoisotopic (exact) mass is 1680 g/mol. The lowest BCUT2D eigenvalue weighted by atomic mass is 9.89. The van der Waals surface area contributed by atoms with E-state index in [4.69, 9.17) is 4.74 Å². The number of hydrogen-bond acceptors (Lipinski definition) is 26. The van der Waals surface area contributed by atoms with Crippen LogP contribution in [0.2, 0.25) is 0 Å². The van der Waals surface area contributed by atoms with E-state index in [-0.39, 0.29) is 120 Å². The van der Waals surface area contributed by atoms with E-state index in [1.165, 1.54) is 23.6 Å². The minimum Gasteiger partial charge on any atom is -0.481 e. The van der Waals surface area contributed by atoms with Crippen molar-refractivity contribution in [2.75, 3.05) is 57.2 Å². The first-order valence-electron chi connectivity index (χ1n) is 38.5. The number of ketones is 7. The van der Waals surface area contributed by atoms with Crippen molar-refractivity contribution < 1.29 is 141 Å². The largest absolute Gasteiger partial charge is 0.481 e. The van der Waals surface area contributed by atoms with Gasteiger partial charge in [-0.05, 0) is 89.7 Å². The fourth-order valence-corrected chi connectivity index (χ4v) is 14.7. The predicted octanol–water partition coefficient (Wildman–Crippen LogP) is 0.852. The number of nitrogens with one attached hydrogen (secondary N) is 6. The van der Waals surface area contributed by atoms with E-state index < -0.39 is 291 Å². The molecule has 0 aromatic carbocycles. The summed E-state index contributed by atoms with van der Waals surface area (Å²) in [5.41, 5.74) is 0. The molecule has 0 saturated carbocycles. The van der Waals surface area contributed by atoms with Gasteiger partial charge in [0.15, 0.2) is 34.7 Å². The Bertz CT molecular complexity index is 3640. The number of amides is 11. The van der Waals surface area contributed by atoms with Crippen molar-refractivity contribution in [1.29, 1.82) is 0 Å². The highest BCUT2D eigenvalue weighted by atomic mass is 32.2. The van der Waals surface area contributed by atoms with Crippen LogP contribution in [-0.2, 0) is 115 Å². The van der Waals surface area contributed by atoms with Crippen LogP contribution >= 0.6 is 23.5 Å². The van der Waals surface area contributed by atoms with Crippen LogP contribution in [0, 0.1) is 29.6 Å². The molecule has 38 nitrogen and oxygen atoms in total. The molecule has 11 N–H and O–H groups in total. The number of aliphatic carboxylic acids is 5. The Hall–Kier alpha value is -9.99. The number of unbranched alkanes of at least 4 members (excludes halogenated alkanes) is 1. The molecule has 116 heavy (non-hydrogen) atoms. The molecule has 1 unspecified atom stereocenters. The van der Waals surface area contributed by atoms with Crippen LogP contribution < -0.4 is 31.9 Å². The zero-order valence-electron chi connectivity index (χ0n) is 66.1. The maximum Gasteiger partial charge on any atom is 0.303 e. The summed E-state index contributed by atoms with van der Waals surface area (Å²) in [7, 11) is 0. The molecule has 3 heterocycles. The highest BCUT2D eigenvalue weighted by Gasteiger charge is 2.42. The molecule has 2 saturated heterocycles. The smallest absolute Gasteiger partial charge is 0.303 e. The average molecular weight is 1680 g/mol. The summed E-state index contributed by atoms with van der Waals surface area (Å²) < 4.78 is 5.59. The summed E-state index contributed by atoms with van der Waals surface area (Å²) >= 11 is 2.12. The molecule has 0 bridgehead atoms. The van der Waals surface area contributed by atoms with Crippen molar-refractivity contribution in [3.8, 4) is 0 Å². The van der Waals surface area contributed by atoms with Crippen LogP contribution in [0.5, 0.6) is 0 Å². The maximum atomic E-state index is 14.3. The Balaban J connectivity index is 1.71. The number of nitrogens with zero attached hydrogens (tertiary/aromatic N) is 3. The fourth-order valence-electron chi connectivity index (χ4n) is 12.8. The molecule has 11 atom stereocenters. The van der Waals surface area contributed by atoms with Gasteiger partial charge in [-0.1, -0.05) is 27.7 Å². The van der Waals surface area contributed by atoms with Gasteiger partial charge in [0, 0.05) is 158 Å². The topological polar surface area (TPSA) is 585 Å². The van der Waals surface area contributed by atoms with Crippen molar-refractivity contribution in [3.05, 3.63) is 12.2 Å². The number of carbonyl (C=O) groups is 23. The van der Waals surface area contributed by atoms with Crippen molar-refractivity contribution in [2.45, 2.75) is 237 Å². The number of ether oxygens (including phenoxy) is 1. The average Bonchev–Trinajstić information content (AvgIpc) is 1.66. The van der Waals surface area contributed by atoms with Crippen LogP contribution in [-0.4, -0.2) is 274 Å². The molecule has 3 aliphatic heterocycles. The minimum atomic E-state index is -1.87. The molecule has 3 rings (SSSR count). The van der Waals surface area contributed by atoms with Crippen LogP contribution in [0.15, 0.2) is 12.2 Å². The Morgan fingerprint density at radius 1 is 0.526 bits per heavy atom. The Morgan fingerprint density at radius 3 is 1.50 bits per heavy atom. The number of likely N-dealkylation sites (tertiary alicyclic amines) is 2. The van der Waals surface area contributed by atoms with Gasteiger partial charge in [0.2, 0.25) is 53.2 Å². The maximum absolute atomic E-state index is 14.3. The number of imide groups is 2. The number of carboxylic acids is 5. The summed E-state index contributed by atoms with van der Waals surface area (Å²) in [6.45, 7) is 6.96. The second-order valence-electron chi connectivity index (χ2n) is 29.2. The molecule has 0 spiro atoms. The normalized spacial score (nSPS) is 16.9. The first-order valence-corrected chi connectivity index (χ1v) is 41.0. The first-order chi connectivity index (χ1) is 54.7. The number of carboxylic acid groups (broad SMARTS) is 5. The number of hydrogen-bond donors (Lipinski definition) is 11. The number of carbonyl (C=O) groups excluding carboxylic acids is 18. The van der Waals surface area contributed by atoms with Crippen LogP contribution in [0.1, 0.15) is 195 Å². The lowest BCUT2D eigenvalue weighted by Gasteiger charge is -2.27. The SMILES string of the molecule is CCC(=O)CNC(=O)[C@H](C)CC(=O)[C@H](CSC)NC(=O)CCC(=O)[C@H](CC(C)C)NC(=O)[C@@H]1CCCN1C(=O)COCCCC(=O)[C@@H](CCC(=O)O)NC(=O)[C@@H](CCC(=O)O)CC(=O)[C@@H](CCC(=O)O)NC(=O)[C@@H](CCC(=O)O)CC(=O)[C@@H](CCC(=O)O)NC(=O)[C@@H](CSC1CC(=O)N(CCCCN2C(=O)C=CC2=O)C1=O)CC(C)=O. The van der Waals surface area contributed by atoms with E-state index in [1.54, 1.807) is 27.0 Å². The van der Waals surface area contributed by atoms with Crippen LogP contribution in [0.4, 0.5) is 0 Å².